The number of aliphatic hydroxyl groups is 1. The minimum absolute atomic E-state index is 0.00273. The lowest BCUT2D eigenvalue weighted by Gasteiger charge is -2.48. The molecule has 0 saturated heterocycles. The fraction of sp³-hybridized carbons (Fsp3) is 0.276. The molecule has 0 bridgehead atoms. The quantitative estimate of drug-likeness (QED) is 0.337. The predicted molar refractivity (Wildman–Crippen MR) is 138 cm³/mol. The molecule has 0 aliphatic heterocycles. The highest BCUT2D eigenvalue weighted by Gasteiger charge is 2.66. The van der Waals surface area contributed by atoms with Gasteiger partial charge in [0.15, 0.2) is 34.7 Å². The lowest BCUT2D eigenvalue weighted by atomic mass is 9.53. The van der Waals surface area contributed by atoms with Crippen LogP contribution in [0.1, 0.15) is 39.3 Å². The summed E-state index contributed by atoms with van der Waals surface area (Å²) in [6.45, 7) is 0. The molecule has 0 spiro atoms. The van der Waals surface area contributed by atoms with Crippen molar-refractivity contribution in [1.29, 1.82) is 0 Å². The first-order chi connectivity index (χ1) is 19.5. The number of phenols is 1. The first-order valence-electron chi connectivity index (χ1n) is 12.9. The Morgan fingerprint density at radius 2 is 1.73 bits per heavy atom. The Labute approximate surface area is 231 Å². The van der Waals surface area contributed by atoms with Gasteiger partial charge in [0.2, 0.25) is 11.7 Å². The van der Waals surface area contributed by atoms with Crippen molar-refractivity contribution in [1.82, 2.24) is 5.16 Å². The van der Waals surface area contributed by atoms with Gasteiger partial charge < -0.3 is 25.8 Å². The zero-order valence-corrected chi connectivity index (χ0v) is 21.3. The number of anilines is 1. The number of amides is 2. The molecule has 1 aromatic heterocycles. The van der Waals surface area contributed by atoms with E-state index in [1.165, 1.54) is 18.3 Å². The number of aromatic nitrogens is 1. The number of Topliss-reactive ketones (excluding diaryl/α,β-unsaturated/α-hetero) is 4. The molecule has 208 valence electrons. The summed E-state index contributed by atoms with van der Waals surface area (Å²) in [7, 11) is 0. The molecule has 2 amide bonds. The van der Waals surface area contributed by atoms with Crippen molar-refractivity contribution < 1.29 is 43.5 Å². The number of hydrogen-bond acceptors (Lipinski definition) is 10. The summed E-state index contributed by atoms with van der Waals surface area (Å²) >= 11 is 0. The number of ketones is 4. The third kappa shape index (κ3) is 3.90. The summed E-state index contributed by atoms with van der Waals surface area (Å²) in [4.78, 5) is 77.0. The molecule has 6 rings (SSSR count). The molecule has 2 aromatic carbocycles. The molecule has 2 unspecified atom stereocenters. The van der Waals surface area contributed by atoms with Crippen molar-refractivity contribution in [2.45, 2.75) is 24.9 Å². The van der Waals surface area contributed by atoms with E-state index in [1.54, 1.807) is 30.3 Å². The number of carbonyl (C=O) groups excluding carboxylic acids is 6. The minimum atomic E-state index is -2.69. The average molecular weight is 558 g/mol. The molecule has 5 atom stereocenters. The summed E-state index contributed by atoms with van der Waals surface area (Å²) in [5.74, 6) is -11.1. The Morgan fingerprint density at radius 1 is 1.00 bits per heavy atom. The van der Waals surface area contributed by atoms with Crippen molar-refractivity contribution in [2.75, 3.05) is 5.32 Å². The van der Waals surface area contributed by atoms with Crippen molar-refractivity contribution in [3.05, 3.63) is 65.5 Å². The largest absolute Gasteiger partial charge is 0.507 e. The third-order valence-electron chi connectivity index (χ3n) is 8.40. The molecule has 3 aromatic rings. The molecular weight excluding hydrogens is 534 g/mol. The Hall–Kier alpha value is -4.97. The number of aromatic hydroxyl groups is 1. The van der Waals surface area contributed by atoms with E-state index in [9.17, 15) is 39.0 Å². The van der Waals surface area contributed by atoms with E-state index in [4.69, 9.17) is 10.3 Å². The van der Waals surface area contributed by atoms with Gasteiger partial charge >= 0.3 is 0 Å². The molecule has 41 heavy (non-hydrogen) atoms. The number of carbonyl (C=O) groups is 6. The Morgan fingerprint density at radius 3 is 2.39 bits per heavy atom. The zero-order chi connectivity index (χ0) is 29.2. The van der Waals surface area contributed by atoms with Crippen molar-refractivity contribution in [2.24, 2.45) is 29.4 Å². The number of rotatable bonds is 4. The molecule has 3 aliphatic carbocycles. The highest BCUT2D eigenvalue weighted by molar-refractivity contribution is 6.31. The molecule has 2 fully saturated rings. The molecule has 0 radical (unpaired) electrons. The molecule has 5 N–H and O–H groups in total. The normalized spacial score (nSPS) is 27.0. The van der Waals surface area contributed by atoms with Crippen LogP contribution >= 0.6 is 0 Å². The first-order valence-corrected chi connectivity index (χ1v) is 12.9. The number of benzene rings is 2. The van der Waals surface area contributed by atoms with E-state index in [1.807, 2.05) is 0 Å². The zero-order valence-electron chi connectivity index (χ0n) is 21.3. The second kappa shape index (κ2) is 9.30. The number of nitrogens with one attached hydrogen (secondary N) is 1. The van der Waals surface area contributed by atoms with E-state index in [0.29, 0.717) is 22.4 Å². The lowest BCUT2D eigenvalue weighted by Crippen LogP contribution is -2.68. The van der Waals surface area contributed by atoms with Crippen LogP contribution in [-0.2, 0) is 25.6 Å². The van der Waals surface area contributed by atoms with Crippen LogP contribution in [0, 0.1) is 23.7 Å². The van der Waals surface area contributed by atoms with E-state index < -0.39 is 70.6 Å². The van der Waals surface area contributed by atoms with Gasteiger partial charge in [-0.3, -0.25) is 28.8 Å². The van der Waals surface area contributed by atoms with Gasteiger partial charge in [-0.15, -0.1) is 0 Å². The summed E-state index contributed by atoms with van der Waals surface area (Å²) in [6, 6.07) is 11.1. The van der Waals surface area contributed by atoms with Gasteiger partial charge in [-0.2, -0.15) is 0 Å². The van der Waals surface area contributed by atoms with Crippen LogP contribution in [0.3, 0.4) is 0 Å². The highest BCUT2D eigenvalue weighted by Crippen LogP contribution is 2.51. The molecule has 12 nitrogen and oxygen atoms in total. The van der Waals surface area contributed by atoms with Gasteiger partial charge in [-0.05, 0) is 53.6 Å². The molecule has 3 aliphatic rings. The van der Waals surface area contributed by atoms with E-state index in [2.05, 4.69) is 10.5 Å². The lowest BCUT2D eigenvalue weighted by molar-refractivity contribution is -0.175. The number of phenolic OH excluding ortho intramolecular Hbond substituents is 1. The standard InChI is InChI=1S/C29H23N3O9/c30-27(38)23-19(34)11-14-9-13-10-17-16(12-1-3-15(4-2-12)32-28(39)20-7-8-31-41-20)5-6-18(33)22(17)24(35)21(13)25(36)29(14,40)26(23)37/h1-8,13-14,21,23,33,40H,9-11H2,(H2,30,38)(H,32,39)/t13-,14+,21?,23?,29+/m1/s1. The maximum absolute atomic E-state index is 13.7. The summed E-state index contributed by atoms with van der Waals surface area (Å²) in [6.07, 6.45) is 1.10. The first kappa shape index (κ1) is 26.3. The SMILES string of the molecule is NC(=O)C1C(=O)C[C@@H]2C[C@@H]3Cc4c(-c5ccc(NC(=O)c6ccno6)cc5)ccc(O)c4C(=O)C3C(=O)[C@]2(O)C1=O. The minimum Gasteiger partial charge on any atom is -0.507 e. The van der Waals surface area contributed by atoms with Crippen molar-refractivity contribution in [3.63, 3.8) is 0 Å². The maximum atomic E-state index is 13.7. The van der Waals surface area contributed by atoms with E-state index in [-0.39, 0.29) is 29.9 Å². The molecule has 1 heterocycles. The van der Waals surface area contributed by atoms with Gasteiger partial charge in [-0.1, -0.05) is 23.4 Å². The predicted octanol–water partition coefficient (Wildman–Crippen LogP) is 1.23. The maximum Gasteiger partial charge on any atom is 0.294 e. The number of primary amides is 1. The van der Waals surface area contributed by atoms with Crippen LogP contribution in [0.15, 0.2) is 53.2 Å². The fourth-order valence-electron chi connectivity index (χ4n) is 6.50. The van der Waals surface area contributed by atoms with Crippen LogP contribution in [-0.4, -0.2) is 55.9 Å². The second-order valence-electron chi connectivity index (χ2n) is 10.6. The van der Waals surface area contributed by atoms with E-state index >= 15 is 0 Å². The van der Waals surface area contributed by atoms with Gasteiger partial charge in [0, 0.05) is 24.1 Å². The van der Waals surface area contributed by atoms with Crippen LogP contribution in [0.5, 0.6) is 5.75 Å². The van der Waals surface area contributed by atoms with Gasteiger partial charge in [0.05, 0.1) is 17.7 Å². The van der Waals surface area contributed by atoms with Gasteiger partial charge in [0.1, 0.15) is 5.75 Å². The average Bonchev–Trinajstić information content (AvgIpc) is 3.47. The number of fused-ring (bicyclic) bond motifs is 3. The summed E-state index contributed by atoms with van der Waals surface area (Å²) in [5, 5.41) is 28.2. The van der Waals surface area contributed by atoms with Crippen LogP contribution in [0.2, 0.25) is 0 Å². The Kier molecular flexibility index (Phi) is 5.96. The number of nitrogens with zero attached hydrogens (tertiary/aromatic N) is 1. The third-order valence-corrected chi connectivity index (χ3v) is 8.40. The molecule has 2 saturated carbocycles. The summed E-state index contributed by atoms with van der Waals surface area (Å²) < 4.78 is 4.85. The Bertz CT molecular complexity index is 1660. The van der Waals surface area contributed by atoms with Crippen LogP contribution in [0.4, 0.5) is 5.69 Å². The van der Waals surface area contributed by atoms with Crippen molar-refractivity contribution >= 4 is 40.6 Å². The van der Waals surface area contributed by atoms with Gasteiger partial charge in [-0.25, -0.2) is 0 Å². The fourth-order valence-corrected chi connectivity index (χ4v) is 6.50. The number of nitrogens with two attached hydrogens (primary N) is 1. The van der Waals surface area contributed by atoms with Crippen molar-refractivity contribution in [3.8, 4) is 16.9 Å². The van der Waals surface area contributed by atoms with Crippen LogP contribution in [0.25, 0.3) is 11.1 Å². The molecule has 12 heteroatoms. The van der Waals surface area contributed by atoms with Crippen LogP contribution < -0.4 is 11.1 Å². The second-order valence-corrected chi connectivity index (χ2v) is 10.6. The van der Waals surface area contributed by atoms with E-state index in [0.717, 1.165) is 0 Å². The topological polar surface area (TPSA) is 207 Å². The smallest absolute Gasteiger partial charge is 0.294 e. The Balaban J connectivity index is 1.34. The molecular formula is C29H23N3O9. The monoisotopic (exact) mass is 557 g/mol. The number of hydrogen-bond donors (Lipinski definition) is 4. The van der Waals surface area contributed by atoms with Gasteiger partial charge in [0.25, 0.3) is 5.91 Å². The summed E-state index contributed by atoms with van der Waals surface area (Å²) in [5.41, 5.74) is 4.65. The highest BCUT2D eigenvalue weighted by atomic mass is 16.5.